The molecular weight excluding hydrogens is 328 g/mol. The lowest BCUT2D eigenvalue weighted by molar-refractivity contribution is -0.141. The molecule has 0 radical (unpaired) electrons. The van der Waals surface area contributed by atoms with Crippen molar-refractivity contribution in [2.75, 3.05) is 6.54 Å². The number of carboxylic acid groups (broad SMARTS) is 1. The number of aliphatic carboxylic acids is 1. The summed E-state index contributed by atoms with van der Waals surface area (Å²) in [6.07, 6.45) is 0.234. The molecule has 7 heteroatoms. The maximum absolute atomic E-state index is 11.9. The number of carbonyl (C=O) groups excluding carboxylic acids is 2. The second kappa shape index (κ2) is 8.83. The van der Waals surface area contributed by atoms with E-state index in [1.807, 2.05) is 30.3 Å². The Labute approximate surface area is 143 Å². The average molecular weight is 346 g/mol. The van der Waals surface area contributed by atoms with Crippen molar-refractivity contribution in [3.05, 3.63) is 58.3 Å². The Balaban J connectivity index is 1.78. The molecule has 2 rings (SSSR count). The van der Waals surface area contributed by atoms with E-state index in [-0.39, 0.29) is 25.3 Å². The molecule has 0 fully saturated rings. The molecule has 1 atom stereocenters. The predicted octanol–water partition coefficient (Wildman–Crippen LogP) is 1.68. The Morgan fingerprint density at radius 2 is 1.88 bits per heavy atom. The van der Waals surface area contributed by atoms with Crippen molar-refractivity contribution in [2.24, 2.45) is 0 Å². The number of rotatable bonds is 8. The van der Waals surface area contributed by atoms with Crippen molar-refractivity contribution in [1.29, 1.82) is 0 Å². The molecule has 0 aliphatic carbocycles. The van der Waals surface area contributed by atoms with E-state index in [0.29, 0.717) is 5.56 Å². The van der Waals surface area contributed by atoms with E-state index in [0.717, 1.165) is 5.56 Å². The first-order chi connectivity index (χ1) is 11.6. The molecule has 1 aromatic carbocycles. The molecule has 3 N–H and O–H groups in total. The molecular formula is C17H18N2O4S. The zero-order valence-electron chi connectivity index (χ0n) is 12.9. The van der Waals surface area contributed by atoms with E-state index in [4.69, 9.17) is 0 Å². The fourth-order valence-electron chi connectivity index (χ4n) is 2.10. The summed E-state index contributed by atoms with van der Waals surface area (Å²) in [5, 5.41) is 17.9. The Bertz CT molecular complexity index is 686. The second-order valence-electron chi connectivity index (χ2n) is 5.17. The van der Waals surface area contributed by atoms with Gasteiger partial charge in [-0.25, -0.2) is 4.79 Å². The SMILES string of the molecule is O=C(CCNC(=O)c1ccsc1)NC(Cc1ccccc1)C(=O)O. The number of benzene rings is 1. The van der Waals surface area contributed by atoms with Crippen LogP contribution in [-0.2, 0) is 16.0 Å². The minimum absolute atomic E-state index is 0.0223. The van der Waals surface area contributed by atoms with Gasteiger partial charge in [-0.3, -0.25) is 9.59 Å². The molecule has 2 aromatic rings. The average Bonchev–Trinajstić information content (AvgIpc) is 3.09. The molecule has 0 aliphatic heterocycles. The predicted molar refractivity (Wildman–Crippen MR) is 91.0 cm³/mol. The molecule has 0 aliphatic rings. The monoisotopic (exact) mass is 346 g/mol. The van der Waals surface area contributed by atoms with E-state index in [1.54, 1.807) is 16.8 Å². The van der Waals surface area contributed by atoms with Crippen LogP contribution < -0.4 is 10.6 Å². The third-order valence-electron chi connectivity index (χ3n) is 3.34. The maximum Gasteiger partial charge on any atom is 0.326 e. The molecule has 0 saturated heterocycles. The van der Waals surface area contributed by atoms with Gasteiger partial charge in [0.05, 0.1) is 0 Å². The number of hydrogen-bond acceptors (Lipinski definition) is 4. The second-order valence-corrected chi connectivity index (χ2v) is 5.95. The van der Waals surface area contributed by atoms with E-state index in [2.05, 4.69) is 10.6 Å². The highest BCUT2D eigenvalue weighted by Gasteiger charge is 2.20. The van der Waals surface area contributed by atoms with Crippen LogP contribution in [0.25, 0.3) is 0 Å². The zero-order chi connectivity index (χ0) is 17.4. The van der Waals surface area contributed by atoms with Crippen LogP contribution in [0.1, 0.15) is 22.3 Å². The summed E-state index contributed by atoms with van der Waals surface area (Å²) in [6, 6.07) is 9.79. The number of carbonyl (C=O) groups is 3. The lowest BCUT2D eigenvalue weighted by Gasteiger charge is -2.14. The van der Waals surface area contributed by atoms with Crippen molar-refractivity contribution in [3.8, 4) is 0 Å². The molecule has 2 amide bonds. The van der Waals surface area contributed by atoms with Crippen molar-refractivity contribution in [3.63, 3.8) is 0 Å². The van der Waals surface area contributed by atoms with Crippen LogP contribution >= 0.6 is 11.3 Å². The molecule has 1 aromatic heterocycles. The van der Waals surface area contributed by atoms with Gasteiger partial charge in [-0.1, -0.05) is 30.3 Å². The van der Waals surface area contributed by atoms with Gasteiger partial charge >= 0.3 is 5.97 Å². The standard InChI is InChI=1S/C17H18N2O4S/c20-15(6-8-18-16(21)13-7-9-24-11-13)19-14(17(22)23)10-12-4-2-1-3-5-12/h1-5,7,9,11,14H,6,8,10H2,(H,18,21)(H,19,20)(H,22,23). The van der Waals surface area contributed by atoms with Crippen LogP contribution in [-0.4, -0.2) is 35.5 Å². The quantitative estimate of drug-likeness (QED) is 0.678. The van der Waals surface area contributed by atoms with Gasteiger partial charge in [0.2, 0.25) is 5.91 Å². The highest BCUT2D eigenvalue weighted by molar-refractivity contribution is 7.08. The summed E-state index contributed by atoms with van der Waals surface area (Å²) in [7, 11) is 0. The lowest BCUT2D eigenvalue weighted by atomic mass is 10.1. The smallest absolute Gasteiger partial charge is 0.326 e. The fourth-order valence-corrected chi connectivity index (χ4v) is 2.74. The topological polar surface area (TPSA) is 95.5 Å². The first-order valence-electron chi connectivity index (χ1n) is 7.43. The Morgan fingerprint density at radius 1 is 1.12 bits per heavy atom. The number of hydrogen-bond donors (Lipinski definition) is 3. The summed E-state index contributed by atoms with van der Waals surface area (Å²) < 4.78 is 0. The van der Waals surface area contributed by atoms with E-state index >= 15 is 0 Å². The maximum atomic E-state index is 11.9. The molecule has 6 nitrogen and oxygen atoms in total. The Hall–Kier alpha value is -2.67. The molecule has 0 bridgehead atoms. The van der Waals surface area contributed by atoms with Crippen LogP contribution in [0, 0.1) is 0 Å². The van der Waals surface area contributed by atoms with Crippen molar-refractivity contribution in [2.45, 2.75) is 18.9 Å². The summed E-state index contributed by atoms with van der Waals surface area (Å²) in [5.74, 6) is -1.75. The largest absolute Gasteiger partial charge is 0.480 e. The normalized spacial score (nSPS) is 11.5. The van der Waals surface area contributed by atoms with Crippen LogP contribution in [0.3, 0.4) is 0 Å². The first kappa shape index (κ1) is 17.7. The van der Waals surface area contributed by atoms with Crippen LogP contribution in [0.15, 0.2) is 47.2 Å². The number of amides is 2. The minimum atomic E-state index is -1.09. The van der Waals surface area contributed by atoms with Crippen LogP contribution in [0.4, 0.5) is 0 Å². The number of nitrogens with one attached hydrogen (secondary N) is 2. The van der Waals surface area contributed by atoms with Crippen molar-refractivity contribution >= 4 is 29.1 Å². The third kappa shape index (κ3) is 5.51. The van der Waals surface area contributed by atoms with Gasteiger partial charge in [0.1, 0.15) is 6.04 Å². The van der Waals surface area contributed by atoms with Gasteiger partial charge in [0.25, 0.3) is 5.91 Å². The number of carboxylic acids is 1. The van der Waals surface area contributed by atoms with Crippen LogP contribution in [0.5, 0.6) is 0 Å². The van der Waals surface area contributed by atoms with E-state index < -0.39 is 17.9 Å². The van der Waals surface area contributed by atoms with Gasteiger partial charge in [-0.15, -0.1) is 0 Å². The van der Waals surface area contributed by atoms with Gasteiger partial charge in [-0.2, -0.15) is 11.3 Å². The molecule has 1 heterocycles. The van der Waals surface area contributed by atoms with E-state index in [1.165, 1.54) is 11.3 Å². The Morgan fingerprint density at radius 3 is 2.50 bits per heavy atom. The lowest BCUT2D eigenvalue weighted by Crippen LogP contribution is -2.43. The van der Waals surface area contributed by atoms with Crippen LogP contribution in [0.2, 0.25) is 0 Å². The molecule has 0 spiro atoms. The van der Waals surface area contributed by atoms with Crippen molar-refractivity contribution < 1.29 is 19.5 Å². The van der Waals surface area contributed by atoms with Gasteiger partial charge in [0, 0.05) is 30.3 Å². The summed E-state index contributed by atoms with van der Waals surface area (Å²) in [5.41, 5.74) is 1.38. The first-order valence-corrected chi connectivity index (χ1v) is 8.37. The van der Waals surface area contributed by atoms with E-state index in [9.17, 15) is 19.5 Å². The summed E-state index contributed by atoms with van der Waals surface area (Å²) >= 11 is 1.41. The van der Waals surface area contributed by atoms with Gasteiger partial charge < -0.3 is 15.7 Å². The van der Waals surface area contributed by atoms with Gasteiger partial charge in [0.15, 0.2) is 0 Å². The minimum Gasteiger partial charge on any atom is -0.480 e. The highest BCUT2D eigenvalue weighted by atomic mass is 32.1. The van der Waals surface area contributed by atoms with Gasteiger partial charge in [-0.05, 0) is 17.0 Å². The summed E-state index contributed by atoms with van der Waals surface area (Å²) in [6.45, 7) is 0.151. The third-order valence-corrected chi connectivity index (χ3v) is 4.02. The Kier molecular flexibility index (Phi) is 6.51. The fraction of sp³-hybridized carbons (Fsp3) is 0.235. The molecule has 0 saturated carbocycles. The highest BCUT2D eigenvalue weighted by Crippen LogP contribution is 2.05. The summed E-state index contributed by atoms with van der Waals surface area (Å²) in [4.78, 5) is 34.9. The zero-order valence-corrected chi connectivity index (χ0v) is 13.7. The van der Waals surface area contributed by atoms with Crippen molar-refractivity contribution in [1.82, 2.24) is 10.6 Å². The number of thiophene rings is 1. The molecule has 24 heavy (non-hydrogen) atoms. The molecule has 1 unspecified atom stereocenters. The molecule has 126 valence electrons.